The Labute approximate surface area is 249 Å². The topological polar surface area (TPSA) is 127 Å². The number of rotatable bonds is 4. The maximum Gasteiger partial charge on any atom is 0.446 e. The predicted molar refractivity (Wildman–Crippen MR) is 173 cm³/mol. The van der Waals surface area contributed by atoms with E-state index in [4.69, 9.17) is 8.37 Å². The molecule has 0 aliphatic heterocycles. The van der Waals surface area contributed by atoms with Crippen LogP contribution in [0.1, 0.15) is 0 Å². The highest BCUT2D eigenvalue weighted by molar-refractivity contribution is 7.81. The molecule has 2 N–H and O–H groups in total. The van der Waals surface area contributed by atoms with Gasteiger partial charge in [-0.2, -0.15) is 16.8 Å². The minimum Gasteiger partial charge on any atom is -0.360 e. The summed E-state index contributed by atoms with van der Waals surface area (Å²) in [7, 11) is -9.64. The SMILES string of the molecule is O=S(=O)(O)Oc1c2ccccc2c2ccc3c4ccc5c6ccccc6c(OS(=O)(=O)O)c6ccc(c7ccc1c2c73)c4c65. The molecule has 0 heterocycles. The van der Waals surface area contributed by atoms with Crippen LogP contribution in [0.15, 0.2) is 97.1 Å². The Morgan fingerprint density at radius 1 is 0.341 bits per heavy atom. The highest BCUT2D eigenvalue weighted by Gasteiger charge is 2.25. The second kappa shape index (κ2) is 8.34. The van der Waals surface area contributed by atoms with Crippen LogP contribution in [-0.4, -0.2) is 25.9 Å². The van der Waals surface area contributed by atoms with Crippen molar-refractivity contribution in [1.29, 1.82) is 0 Å². The smallest absolute Gasteiger partial charge is 0.360 e. The van der Waals surface area contributed by atoms with Crippen LogP contribution in [0.2, 0.25) is 0 Å². The first-order valence-corrected chi connectivity index (χ1v) is 16.3. The summed E-state index contributed by atoms with van der Waals surface area (Å²) in [6.45, 7) is 0. The van der Waals surface area contributed by atoms with Gasteiger partial charge in [-0.3, -0.25) is 9.11 Å². The predicted octanol–water partition coefficient (Wildman–Crippen LogP) is 8.15. The highest BCUT2D eigenvalue weighted by Crippen LogP contribution is 2.51. The molecule has 8 nitrogen and oxygen atoms in total. The van der Waals surface area contributed by atoms with Gasteiger partial charge in [-0.1, -0.05) is 84.9 Å². The summed E-state index contributed by atoms with van der Waals surface area (Å²) >= 11 is 0. The molecule has 10 heteroatoms. The summed E-state index contributed by atoms with van der Waals surface area (Å²) in [6.07, 6.45) is 0. The second-order valence-corrected chi connectivity index (χ2v) is 13.0. The lowest BCUT2D eigenvalue weighted by molar-refractivity contribution is 0.387. The quantitative estimate of drug-likeness (QED) is 0.115. The van der Waals surface area contributed by atoms with E-state index in [9.17, 15) is 25.9 Å². The minimum atomic E-state index is -4.82. The third kappa shape index (κ3) is 3.39. The van der Waals surface area contributed by atoms with Gasteiger partial charge in [-0.15, -0.1) is 0 Å². The fraction of sp³-hybridized carbons (Fsp3) is 0. The third-order valence-corrected chi connectivity index (χ3v) is 9.45. The average Bonchev–Trinajstić information content (AvgIpc) is 3.00. The normalized spacial score (nSPS) is 13.1. The van der Waals surface area contributed by atoms with Gasteiger partial charge in [0.1, 0.15) is 0 Å². The van der Waals surface area contributed by atoms with Crippen molar-refractivity contribution in [1.82, 2.24) is 0 Å². The molecule has 0 aliphatic carbocycles. The van der Waals surface area contributed by atoms with Crippen molar-refractivity contribution >= 4 is 107 Å². The van der Waals surface area contributed by atoms with E-state index in [1.807, 2.05) is 60.7 Å². The van der Waals surface area contributed by atoms with Crippen molar-refractivity contribution < 1.29 is 34.3 Å². The van der Waals surface area contributed by atoms with E-state index in [1.54, 1.807) is 36.4 Å². The van der Waals surface area contributed by atoms with Crippen LogP contribution < -0.4 is 8.37 Å². The van der Waals surface area contributed by atoms with Crippen molar-refractivity contribution in [2.75, 3.05) is 0 Å². The molecule has 0 atom stereocenters. The van der Waals surface area contributed by atoms with E-state index in [1.165, 1.54) is 0 Å². The third-order valence-electron chi connectivity index (χ3n) is 8.69. The molecule has 9 aromatic rings. The van der Waals surface area contributed by atoms with E-state index in [0.717, 1.165) is 64.6 Å². The van der Waals surface area contributed by atoms with Crippen molar-refractivity contribution in [3.63, 3.8) is 0 Å². The lowest BCUT2D eigenvalue weighted by atomic mass is 9.83. The standard InChI is InChI=1S/C34H18O8S2/c35-43(36,37)41-33-25-7-3-1-5-17(25)19-9-11-21-22-12-10-20-18-6-2-4-8-26(18)34(42-44(38,39)40)28-16-14-24(30(22)32(20)28)23-13-15-27(33)31(19)29(21)23/h1-16H,(H,35,36,37)(H,38,39,40). The fourth-order valence-electron chi connectivity index (χ4n) is 7.23. The average molecular weight is 619 g/mol. The first-order valence-electron chi connectivity index (χ1n) is 13.6. The molecule has 0 radical (unpaired) electrons. The van der Waals surface area contributed by atoms with Crippen molar-refractivity contribution in [3.05, 3.63) is 97.1 Å². The molecule has 0 aliphatic rings. The Bertz CT molecular complexity index is 2710. The van der Waals surface area contributed by atoms with Gasteiger partial charge in [0.2, 0.25) is 0 Å². The monoisotopic (exact) mass is 618 g/mol. The van der Waals surface area contributed by atoms with E-state index in [2.05, 4.69) is 0 Å². The van der Waals surface area contributed by atoms with Gasteiger partial charge in [-0.25, -0.2) is 0 Å². The maximum atomic E-state index is 12.0. The van der Waals surface area contributed by atoms with E-state index < -0.39 is 20.8 Å². The zero-order chi connectivity index (χ0) is 30.1. The molecule has 0 fully saturated rings. The van der Waals surface area contributed by atoms with Crippen LogP contribution in [0.5, 0.6) is 11.5 Å². The van der Waals surface area contributed by atoms with Gasteiger partial charge in [0.15, 0.2) is 11.5 Å². The van der Waals surface area contributed by atoms with Crippen molar-refractivity contribution in [3.8, 4) is 11.5 Å². The molecule has 0 saturated carbocycles. The maximum absolute atomic E-state index is 12.0. The van der Waals surface area contributed by atoms with Gasteiger partial charge in [0.25, 0.3) is 0 Å². The molecule has 214 valence electrons. The molecule has 0 amide bonds. The van der Waals surface area contributed by atoms with Crippen LogP contribution in [0.3, 0.4) is 0 Å². The molecule has 0 bridgehead atoms. The molecular weight excluding hydrogens is 601 g/mol. The summed E-state index contributed by atoms with van der Waals surface area (Å²) in [4.78, 5) is 0. The summed E-state index contributed by atoms with van der Waals surface area (Å²) in [5.41, 5.74) is 0. The number of benzene rings is 9. The number of hydrogen-bond acceptors (Lipinski definition) is 6. The largest absolute Gasteiger partial charge is 0.446 e. The molecule has 0 aromatic heterocycles. The number of fused-ring (bicyclic) bond motifs is 6. The molecule has 9 aromatic carbocycles. The molecule has 9 rings (SSSR count). The van der Waals surface area contributed by atoms with E-state index >= 15 is 0 Å². The zero-order valence-corrected chi connectivity index (χ0v) is 24.0. The molecule has 0 spiro atoms. The minimum absolute atomic E-state index is 0.0496. The van der Waals surface area contributed by atoms with Gasteiger partial charge < -0.3 is 8.37 Å². The molecule has 0 unspecified atom stereocenters. The fourth-order valence-corrected chi connectivity index (χ4v) is 8.01. The van der Waals surface area contributed by atoms with Gasteiger partial charge in [0, 0.05) is 32.3 Å². The van der Waals surface area contributed by atoms with E-state index in [-0.39, 0.29) is 11.5 Å². The zero-order valence-electron chi connectivity index (χ0n) is 22.4. The van der Waals surface area contributed by atoms with Crippen LogP contribution in [-0.2, 0) is 20.8 Å². The number of hydrogen-bond donors (Lipinski definition) is 2. The molecule has 44 heavy (non-hydrogen) atoms. The second-order valence-electron chi connectivity index (χ2n) is 10.9. The first-order chi connectivity index (χ1) is 21.1. The van der Waals surface area contributed by atoms with Crippen LogP contribution in [0.4, 0.5) is 0 Å². The molecular formula is C34H18O8S2. The lowest BCUT2D eigenvalue weighted by Gasteiger charge is -2.21. The Kier molecular flexibility index (Phi) is 4.83. The summed E-state index contributed by atoms with van der Waals surface area (Å²) in [6, 6.07) is 30.1. The Morgan fingerprint density at radius 3 is 0.909 bits per heavy atom. The van der Waals surface area contributed by atoms with Crippen LogP contribution in [0, 0.1) is 0 Å². The Balaban J connectivity index is 1.53. The first kappa shape index (κ1) is 25.5. The van der Waals surface area contributed by atoms with Crippen molar-refractivity contribution in [2.45, 2.75) is 0 Å². The van der Waals surface area contributed by atoms with E-state index in [0.29, 0.717) is 21.5 Å². The van der Waals surface area contributed by atoms with Crippen LogP contribution in [0.25, 0.3) is 86.2 Å². The van der Waals surface area contributed by atoms with Crippen LogP contribution >= 0.6 is 0 Å². The highest BCUT2D eigenvalue weighted by atomic mass is 32.3. The summed E-state index contributed by atoms with van der Waals surface area (Å²) in [5.74, 6) is 0.0992. The Morgan fingerprint density at radius 2 is 0.591 bits per heavy atom. The van der Waals surface area contributed by atoms with Gasteiger partial charge >= 0.3 is 20.8 Å². The lowest BCUT2D eigenvalue weighted by Crippen LogP contribution is -2.08. The Hall–Kier alpha value is -5.00. The van der Waals surface area contributed by atoms with Gasteiger partial charge in [-0.05, 0) is 66.0 Å². The molecule has 0 saturated heterocycles. The summed E-state index contributed by atoms with van der Waals surface area (Å²) in [5, 5.41) is 12.5. The summed E-state index contributed by atoms with van der Waals surface area (Å²) < 4.78 is 77.7. The van der Waals surface area contributed by atoms with Crippen molar-refractivity contribution in [2.24, 2.45) is 0 Å². The van der Waals surface area contributed by atoms with Gasteiger partial charge in [0.05, 0.1) is 0 Å².